The van der Waals surface area contributed by atoms with Crippen LogP contribution in [0.3, 0.4) is 0 Å². The molecule has 0 aliphatic carbocycles. The van der Waals surface area contributed by atoms with Gasteiger partial charge in [-0.3, -0.25) is 4.79 Å². The van der Waals surface area contributed by atoms with Crippen molar-refractivity contribution in [1.82, 2.24) is 0 Å². The van der Waals surface area contributed by atoms with E-state index in [4.69, 9.17) is 18.9 Å². The van der Waals surface area contributed by atoms with Crippen LogP contribution < -0.4 is 19.5 Å². The quantitative estimate of drug-likeness (QED) is 0.767. The molecule has 0 bridgehead atoms. The molecule has 27 heavy (non-hydrogen) atoms. The topological polar surface area (TPSA) is 66.0 Å². The van der Waals surface area contributed by atoms with E-state index in [0.717, 1.165) is 25.2 Å². The van der Waals surface area contributed by atoms with Gasteiger partial charge in [-0.25, -0.2) is 0 Å². The summed E-state index contributed by atoms with van der Waals surface area (Å²) in [6, 6.07) is 14.5. The first-order valence-corrected chi connectivity index (χ1v) is 9.10. The molecule has 144 valence electrons. The van der Waals surface area contributed by atoms with Crippen molar-refractivity contribution in [2.75, 3.05) is 25.6 Å². The maximum Gasteiger partial charge on any atom is 0.265 e. The lowest BCUT2D eigenvalue weighted by Crippen LogP contribution is -2.30. The second-order valence-corrected chi connectivity index (χ2v) is 6.37. The molecule has 1 saturated heterocycles. The molecule has 0 radical (unpaired) electrons. The number of nitrogens with one attached hydrogen (secondary N) is 1. The Hall–Kier alpha value is -2.73. The average Bonchev–Trinajstić information content (AvgIpc) is 3.21. The van der Waals surface area contributed by atoms with E-state index in [1.807, 2.05) is 24.3 Å². The van der Waals surface area contributed by atoms with E-state index >= 15 is 0 Å². The van der Waals surface area contributed by atoms with Crippen molar-refractivity contribution in [3.8, 4) is 17.2 Å². The first-order chi connectivity index (χ1) is 13.2. The third kappa shape index (κ3) is 5.37. The predicted octanol–water partition coefficient (Wildman–Crippen LogP) is 3.66. The number of ether oxygens (including phenoxy) is 4. The Kier molecular flexibility index (Phi) is 6.54. The number of carbonyl (C=O) groups excluding carboxylic acids is 1. The van der Waals surface area contributed by atoms with Crippen molar-refractivity contribution in [2.24, 2.45) is 0 Å². The van der Waals surface area contributed by atoms with Crippen LogP contribution in [0.2, 0.25) is 0 Å². The van der Waals surface area contributed by atoms with Gasteiger partial charge in [0, 0.05) is 6.61 Å². The second-order valence-electron chi connectivity index (χ2n) is 6.37. The number of methoxy groups -OCH3 is 1. The zero-order valence-electron chi connectivity index (χ0n) is 15.6. The number of para-hydroxylation sites is 2. The van der Waals surface area contributed by atoms with Gasteiger partial charge in [0.25, 0.3) is 5.91 Å². The standard InChI is InChI=1S/C21H25NO5/c1-15(27-17-11-9-16(24-2)10-12-17)21(23)22-19-7-3-4-8-20(19)26-14-18-6-5-13-25-18/h3-4,7-12,15,18H,5-6,13-14H2,1-2H3,(H,22,23)/t15-,18+/m0/s1. The van der Waals surface area contributed by atoms with E-state index in [9.17, 15) is 4.79 Å². The number of rotatable bonds is 8. The second kappa shape index (κ2) is 9.28. The van der Waals surface area contributed by atoms with Crippen molar-refractivity contribution in [3.05, 3.63) is 48.5 Å². The number of amides is 1. The summed E-state index contributed by atoms with van der Waals surface area (Å²) in [7, 11) is 1.60. The van der Waals surface area contributed by atoms with Gasteiger partial charge in [-0.15, -0.1) is 0 Å². The minimum atomic E-state index is -0.662. The maximum atomic E-state index is 12.5. The fourth-order valence-electron chi connectivity index (χ4n) is 2.80. The van der Waals surface area contributed by atoms with Crippen molar-refractivity contribution in [2.45, 2.75) is 32.0 Å². The number of anilines is 1. The van der Waals surface area contributed by atoms with Gasteiger partial charge in [0.15, 0.2) is 6.10 Å². The van der Waals surface area contributed by atoms with Crippen LogP contribution in [0.5, 0.6) is 17.2 Å². The molecular formula is C21H25NO5. The molecule has 1 aliphatic heterocycles. The third-order valence-electron chi connectivity index (χ3n) is 4.34. The van der Waals surface area contributed by atoms with Gasteiger partial charge in [-0.2, -0.15) is 0 Å². The fraction of sp³-hybridized carbons (Fsp3) is 0.381. The van der Waals surface area contributed by atoms with E-state index in [1.165, 1.54) is 0 Å². The van der Waals surface area contributed by atoms with Crippen LogP contribution in [0, 0.1) is 0 Å². The molecule has 0 unspecified atom stereocenters. The van der Waals surface area contributed by atoms with Gasteiger partial charge >= 0.3 is 0 Å². The van der Waals surface area contributed by atoms with Gasteiger partial charge < -0.3 is 24.3 Å². The van der Waals surface area contributed by atoms with Crippen molar-refractivity contribution >= 4 is 11.6 Å². The average molecular weight is 371 g/mol. The summed E-state index contributed by atoms with van der Waals surface area (Å²) < 4.78 is 22.2. The van der Waals surface area contributed by atoms with Crippen LogP contribution in [-0.4, -0.2) is 38.4 Å². The van der Waals surface area contributed by atoms with E-state index in [0.29, 0.717) is 23.8 Å². The summed E-state index contributed by atoms with van der Waals surface area (Å²) in [6.45, 7) is 2.97. The Labute approximate surface area is 159 Å². The summed E-state index contributed by atoms with van der Waals surface area (Å²) in [5.41, 5.74) is 0.616. The highest BCUT2D eigenvalue weighted by Gasteiger charge is 2.19. The molecule has 2 aromatic rings. The molecule has 1 amide bonds. The van der Waals surface area contributed by atoms with Gasteiger partial charge in [-0.1, -0.05) is 12.1 Å². The molecule has 0 saturated carbocycles. The maximum absolute atomic E-state index is 12.5. The van der Waals surface area contributed by atoms with Crippen LogP contribution in [0.4, 0.5) is 5.69 Å². The summed E-state index contributed by atoms with van der Waals surface area (Å²) in [5, 5.41) is 2.87. The van der Waals surface area contributed by atoms with E-state index in [1.54, 1.807) is 38.3 Å². The molecule has 1 fully saturated rings. The fourth-order valence-corrected chi connectivity index (χ4v) is 2.80. The molecule has 1 aliphatic rings. The first kappa shape index (κ1) is 19.0. The Bertz CT molecular complexity index is 740. The highest BCUT2D eigenvalue weighted by atomic mass is 16.5. The van der Waals surface area contributed by atoms with E-state index in [2.05, 4.69) is 5.32 Å². The first-order valence-electron chi connectivity index (χ1n) is 9.10. The number of hydrogen-bond acceptors (Lipinski definition) is 5. The van der Waals surface area contributed by atoms with Gasteiger partial charge in [0.1, 0.15) is 23.9 Å². The summed E-state index contributed by atoms with van der Waals surface area (Å²) in [4.78, 5) is 12.5. The van der Waals surface area contributed by atoms with Crippen LogP contribution in [0.15, 0.2) is 48.5 Å². The van der Waals surface area contributed by atoms with Crippen LogP contribution in [0.1, 0.15) is 19.8 Å². The number of hydrogen-bond donors (Lipinski definition) is 1. The number of carbonyl (C=O) groups is 1. The van der Waals surface area contributed by atoms with Crippen LogP contribution in [0.25, 0.3) is 0 Å². The van der Waals surface area contributed by atoms with Crippen molar-refractivity contribution in [1.29, 1.82) is 0 Å². The van der Waals surface area contributed by atoms with Gasteiger partial charge in [0.05, 0.1) is 18.9 Å². The van der Waals surface area contributed by atoms with E-state index in [-0.39, 0.29) is 12.0 Å². The summed E-state index contributed by atoms with van der Waals surface area (Å²) in [5.74, 6) is 1.70. The predicted molar refractivity (Wildman–Crippen MR) is 103 cm³/mol. The minimum Gasteiger partial charge on any atom is -0.497 e. The molecule has 1 N–H and O–H groups in total. The van der Waals surface area contributed by atoms with Crippen molar-refractivity contribution in [3.63, 3.8) is 0 Å². The normalized spacial score (nSPS) is 17.2. The molecule has 0 spiro atoms. The molecular weight excluding hydrogens is 346 g/mol. The zero-order valence-corrected chi connectivity index (χ0v) is 15.6. The molecule has 6 nitrogen and oxygen atoms in total. The highest BCUT2D eigenvalue weighted by molar-refractivity contribution is 5.95. The Morgan fingerprint density at radius 3 is 2.63 bits per heavy atom. The van der Waals surface area contributed by atoms with Gasteiger partial charge in [0.2, 0.25) is 0 Å². The minimum absolute atomic E-state index is 0.117. The van der Waals surface area contributed by atoms with Crippen LogP contribution in [-0.2, 0) is 9.53 Å². The highest BCUT2D eigenvalue weighted by Crippen LogP contribution is 2.26. The third-order valence-corrected chi connectivity index (χ3v) is 4.34. The monoisotopic (exact) mass is 371 g/mol. The largest absolute Gasteiger partial charge is 0.497 e. The smallest absolute Gasteiger partial charge is 0.265 e. The lowest BCUT2D eigenvalue weighted by atomic mass is 10.2. The number of benzene rings is 2. The molecule has 2 atom stereocenters. The molecule has 2 aromatic carbocycles. The molecule has 6 heteroatoms. The lowest BCUT2D eigenvalue weighted by molar-refractivity contribution is -0.122. The van der Waals surface area contributed by atoms with Crippen molar-refractivity contribution < 1.29 is 23.7 Å². The summed E-state index contributed by atoms with van der Waals surface area (Å²) >= 11 is 0. The molecule has 0 aromatic heterocycles. The Balaban J connectivity index is 1.57. The zero-order chi connectivity index (χ0) is 19.1. The van der Waals surface area contributed by atoms with E-state index < -0.39 is 6.10 Å². The summed E-state index contributed by atoms with van der Waals surface area (Å²) in [6.07, 6.45) is 1.52. The lowest BCUT2D eigenvalue weighted by Gasteiger charge is -2.18. The molecule has 3 rings (SSSR count). The molecule has 1 heterocycles. The SMILES string of the molecule is COc1ccc(O[C@@H](C)C(=O)Nc2ccccc2OC[C@H]2CCCO2)cc1. The Morgan fingerprint density at radius 2 is 1.93 bits per heavy atom. The van der Waals surface area contributed by atoms with Gasteiger partial charge in [-0.05, 0) is 56.2 Å². The Morgan fingerprint density at radius 1 is 1.19 bits per heavy atom. The van der Waals surface area contributed by atoms with Crippen LogP contribution >= 0.6 is 0 Å².